The minimum absolute atomic E-state index is 0.0696. The lowest BCUT2D eigenvalue weighted by molar-refractivity contribution is 0.0943. The molecule has 1 N–H and O–H groups in total. The van der Waals surface area contributed by atoms with Gasteiger partial charge in [0.15, 0.2) is 0 Å². The molecule has 134 valence electrons. The molecule has 25 heavy (non-hydrogen) atoms. The summed E-state index contributed by atoms with van der Waals surface area (Å²) in [6.45, 7) is 6.02. The zero-order valence-electron chi connectivity index (χ0n) is 14.9. The second-order valence-electron chi connectivity index (χ2n) is 6.69. The highest BCUT2D eigenvalue weighted by Crippen LogP contribution is 2.31. The van der Waals surface area contributed by atoms with Crippen molar-refractivity contribution < 1.29 is 8.42 Å². The lowest BCUT2D eigenvalue weighted by Gasteiger charge is -2.42. The van der Waals surface area contributed by atoms with E-state index in [2.05, 4.69) is 21.8 Å². The number of hydrogen-bond donors (Lipinski definition) is 1. The van der Waals surface area contributed by atoms with Crippen LogP contribution in [-0.4, -0.2) is 32.4 Å². The summed E-state index contributed by atoms with van der Waals surface area (Å²) >= 11 is 0. The molecule has 5 heteroatoms. The van der Waals surface area contributed by atoms with Gasteiger partial charge < -0.3 is 0 Å². The maximum Gasteiger partial charge on any atom is 0.240 e. The number of sulfonamides is 1. The van der Waals surface area contributed by atoms with Gasteiger partial charge in [-0.2, -0.15) is 0 Å². The van der Waals surface area contributed by atoms with Crippen LogP contribution in [-0.2, 0) is 10.0 Å². The van der Waals surface area contributed by atoms with Gasteiger partial charge in [0.25, 0.3) is 0 Å². The normalized spacial score (nSPS) is 17.7. The van der Waals surface area contributed by atoms with Gasteiger partial charge >= 0.3 is 0 Å². The summed E-state index contributed by atoms with van der Waals surface area (Å²) < 4.78 is 28.7. The Labute approximate surface area is 150 Å². The third-order valence-electron chi connectivity index (χ3n) is 4.88. The summed E-state index contributed by atoms with van der Waals surface area (Å²) in [6, 6.07) is 17.1. The molecule has 2 aromatic rings. The molecule has 0 saturated carbocycles. The van der Waals surface area contributed by atoms with Gasteiger partial charge in [0, 0.05) is 19.1 Å². The predicted molar refractivity (Wildman–Crippen MR) is 101 cm³/mol. The first-order valence-corrected chi connectivity index (χ1v) is 10.4. The second-order valence-corrected chi connectivity index (χ2v) is 8.41. The van der Waals surface area contributed by atoms with Gasteiger partial charge in [-0.25, -0.2) is 13.1 Å². The Balaban J connectivity index is 1.87. The maximum absolute atomic E-state index is 12.8. The van der Waals surface area contributed by atoms with E-state index in [0.29, 0.717) is 4.90 Å². The molecule has 0 radical (unpaired) electrons. The van der Waals surface area contributed by atoms with Gasteiger partial charge in [0.05, 0.1) is 10.9 Å². The summed E-state index contributed by atoms with van der Waals surface area (Å²) in [5.74, 6) is 0. The van der Waals surface area contributed by atoms with Gasteiger partial charge in [-0.3, -0.25) is 4.90 Å². The Bertz CT molecular complexity index is 784. The monoisotopic (exact) mass is 358 g/mol. The van der Waals surface area contributed by atoms with Crippen molar-refractivity contribution in [3.8, 4) is 0 Å². The molecular weight excluding hydrogens is 332 g/mol. The molecule has 0 aromatic heterocycles. The van der Waals surface area contributed by atoms with E-state index in [4.69, 9.17) is 0 Å². The van der Waals surface area contributed by atoms with E-state index >= 15 is 0 Å². The molecule has 1 heterocycles. The Kier molecular flexibility index (Phi) is 5.57. The van der Waals surface area contributed by atoms with Crippen LogP contribution in [0.15, 0.2) is 59.5 Å². The van der Waals surface area contributed by atoms with E-state index in [-0.39, 0.29) is 12.1 Å². The molecule has 1 aliphatic rings. The van der Waals surface area contributed by atoms with Crippen molar-refractivity contribution in [2.75, 3.05) is 13.1 Å². The Morgan fingerprint density at radius 1 is 1.04 bits per heavy atom. The summed E-state index contributed by atoms with van der Waals surface area (Å²) in [4.78, 5) is 2.69. The van der Waals surface area contributed by atoms with Crippen molar-refractivity contribution in [3.63, 3.8) is 0 Å². The molecule has 0 aliphatic carbocycles. The Morgan fingerprint density at radius 3 is 2.20 bits per heavy atom. The fraction of sp³-hybridized carbons (Fsp3) is 0.400. The van der Waals surface area contributed by atoms with Crippen molar-refractivity contribution in [1.82, 2.24) is 9.62 Å². The van der Waals surface area contributed by atoms with Gasteiger partial charge in [-0.15, -0.1) is 0 Å². The van der Waals surface area contributed by atoms with E-state index in [0.717, 1.165) is 25.1 Å². The highest BCUT2D eigenvalue weighted by Gasteiger charge is 2.33. The lowest BCUT2D eigenvalue weighted by atomic mass is 9.94. The third kappa shape index (κ3) is 4.11. The summed E-state index contributed by atoms with van der Waals surface area (Å²) in [6.07, 6.45) is 1.91. The molecule has 0 bridgehead atoms. The predicted octanol–water partition coefficient (Wildman–Crippen LogP) is 3.50. The molecule has 1 saturated heterocycles. The first kappa shape index (κ1) is 18.1. The molecule has 3 rings (SSSR count). The molecule has 1 fully saturated rings. The van der Waals surface area contributed by atoms with Crippen LogP contribution >= 0.6 is 0 Å². The molecule has 0 spiro atoms. The van der Waals surface area contributed by atoms with Crippen molar-refractivity contribution in [2.45, 2.75) is 43.7 Å². The fourth-order valence-corrected chi connectivity index (χ4v) is 4.65. The number of nitrogens with zero attached hydrogens (tertiary/aromatic N) is 1. The van der Waals surface area contributed by atoms with Crippen LogP contribution in [0.5, 0.6) is 0 Å². The van der Waals surface area contributed by atoms with Crippen molar-refractivity contribution >= 4 is 10.0 Å². The number of nitrogens with one attached hydrogen (secondary N) is 1. The summed E-state index contributed by atoms with van der Waals surface area (Å²) in [7, 11) is -3.54. The SMILES string of the molecule is CC[C@H](NS(=O)(=O)c1ccc(C)cc1)[C@@H](c1ccccc1)N1CCC1. The van der Waals surface area contributed by atoms with E-state index in [1.807, 2.05) is 44.2 Å². The quantitative estimate of drug-likeness (QED) is 0.824. The van der Waals surface area contributed by atoms with E-state index in [1.54, 1.807) is 12.1 Å². The zero-order valence-corrected chi connectivity index (χ0v) is 15.7. The average molecular weight is 359 g/mol. The van der Waals surface area contributed by atoms with Crippen molar-refractivity contribution in [2.24, 2.45) is 0 Å². The topological polar surface area (TPSA) is 49.4 Å². The molecule has 1 aliphatic heterocycles. The Hall–Kier alpha value is -1.69. The van der Waals surface area contributed by atoms with Crippen LogP contribution < -0.4 is 4.72 Å². The van der Waals surface area contributed by atoms with Crippen LogP contribution in [0, 0.1) is 6.92 Å². The smallest absolute Gasteiger partial charge is 0.240 e. The first-order chi connectivity index (χ1) is 12.0. The standard InChI is InChI=1S/C20H26N2O2S/c1-3-19(21-25(23,24)18-12-10-16(2)11-13-18)20(22-14-7-15-22)17-8-5-4-6-9-17/h4-6,8-13,19-21H,3,7,14-15H2,1-2H3/t19-,20+/m0/s1. The number of hydrogen-bond acceptors (Lipinski definition) is 3. The summed E-state index contributed by atoms with van der Waals surface area (Å²) in [5.41, 5.74) is 2.22. The molecular formula is C20H26N2O2S. The summed E-state index contributed by atoms with van der Waals surface area (Å²) in [5, 5.41) is 0. The first-order valence-electron chi connectivity index (χ1n) is 8.89. The van der Waals surface area contributed by atoms with Crippen LogP contribution in [0.2, 0.25) is 0 Å². The highest BCUT2D eigenvalue weighted by atomic mass is 32.2. The largest absolute Gasteiger partial charge is 0.295 e. The van der Waals surface area contributed by atoms with E-state index in [1.165, 1.54) is 12.0 Å². The number of aryl methyl sites for hydroxylation is 1. The molecule has 2 aromatic carbocycles. The van der Waals surface area contributed by atoms with Crippen LogP contribution in [0.1, 0.15) is 36.9 Å². The van der Waals surface area contributed by atoms with Crippen LogP contribution in [0.25, 0.3) is 0 Å². The molecule has 2 atom stereocenters. The minimum Gasteiger partial charge on any atom is -0.295 e. The van der Waals surface area contributed by atoms with Crippen molar-refractivity contribution in [1.29, 1.82) is 0 Å². The van der Waals surface area contributed by atoms with E-state index < -0.39 is 10.0 Å². The molecule has 0 amide bonds. The van der Waals surface area contributed by atoms with Crippen LogP contribution in [0.4, 0.5) is 0 Å². The average Bonchev–Trinajstić information content (AvgIpc) is 2.57. The van der Waals surface area contributed by atoms with Gasteiger partial charge in [-0.1, -0.05) is 55.0 Å². The molecule has 4 nitrogen and oxygen atoms in total. The second kappa shape index (κ2) is 7.68. The highest BCUT2D eigenvalue weighted by molar-refractivity contribution is 7.89. The third-order valence-corrected chi connectivity index (χ3v) is 6.39. The number of rotatable bonds is 7. The van der Waals surface area contributed by atoms with Gasteiger partial charge in [-0.05, 0) is 37.5 Å². The lowest BCUT2D eigenvalue weighted by Crippen LogP contribution is -2.50. The molecule has 0 unspecified atom stereocenters. The fourth-order valence-electron chi connectivity index (χ4n) is 3.32. The Morgan fingerprint density at radius 2 is 1.68 bits per heavy atom. The minimum atomic E-state index is -3.54. The number of likely N-dealkylation sites (tertiary alicyclic amines) is 1. The van der Waals surface area contributed by atoms with Gasteiger partial charge in [0.2, 0.25) is 10.0 Å². The zero-order chi connectivity index (χ0) is 17.9. The van der Waals surface area contributed by atoms with Crippen molar-refractivity contribution in [3.05, 3.63) is 65.7 Å². The van der Waals surface area contributed by atoms with E-state index in [9.17, 15) is 8.42 Å². The number of benzene rings is 2. The maximum atomic E-state index is 12.8. The van der Waals surface area contributed by atoms with Crippen LogP contribution in [0.3, 0.4) is 0 Å². The van der Waals surface area contributed by atoms with Gasteiger partial charge in [0.1, 0.15) is 0 Å².